The molecule has 0 aliphatic carbocycles. The summed E-state index contributed by atoms with van der Waals surface area (Å²) in [7, 11) is 0. The first-order valence-electron chi connectivity index (χ1n) is 6.78. The van der Waals surface area contributed by atoms with Crippen molar-refractivity contribution in [3.63, 3.8) is 0 Å². The first-order chi connectivity index (χ1) is 9.94. The highest BCUT2D eigenvalue weighted by Crippen LogP contribution is 2.22. The van der Waals surface area contributed by atoms with E-state index in [2.05, 4.69) is 10.6 Å². The zero-order chi connectivity index (χ0) is 15.4. The number of nitrogens with two attached hydrogens (primary N) is 1. The highest BCUT2D eigenvalue weighted by Gasteiger charge is 2.24. The Labute approximate surface area is 128 Å². The highest BCUT2D eigenvalue weighted by molar-refractivity contribution is 6.31. The van der Waals surface area contributed by atoms with Gasteiger partial charge in [0.05, 0.1) is 17.9 Å². The van der Waals surface area contributed by atoms with Crippen molar-refractivity contribution in [2.75, 3.05) is 30.7 Å². The van der Waals surface area contributed by atoms with Crippen molar-refractivity contribution in [3.8, 4) is 0 Å². The molecule has 0 spiro atoms. The van der Waals surface area contributed by atoms with Crippen LogP contribution in [-0.2, 0) is 9.59 Å². The maximum Gasteiger partial charge on any atom is 0.238 e. The number of carbonyl (C=O) groups excluding carboxylic acids is 2. The summed E-state index contributed by atoms with van der Waals surface area (Å²) in [6.45, 7) is 3.24. The summed E-state index contributed by atoms with van der Waals surface area (Å²) in [5.74, 6) is -0.173. The molecule has 0 aromatic heterocycles. The summed E-state index contributed by atoms with van der Waals surface area (Å²) in [4.78, 5) is 25.0. The second kappa shape index (κ2) is 6.78. The topological polar surface area (TPSA) is 87.5 Å². The van der Waals surface area contributed by atoms with E-state index in [0.717, 1.165) is 13.0 Å². The Hall–Kier alpha value is -1.79. The molecule has 2 rings (SSSR count). The second-order valence-electron chi connectivity index (χ2n) is 5.20. The summed E-state index contributed by atoms with van der Waals surface area (Å²) in [5.41, 5.74) is 6.79. The minimum atomic E-state index is -0.132. The lowest BCUT2D eigenvalue weighted by molar-refractivity contribution is -0.119. The molecule has 2 amide bonds. The SMILES string of the molecule is CC(=O)NC1CCN(CC(=O)Nc2ccc(Cl)cc2N)C1. The molecule has 1 saturated heterocycles. The van der Waals surface area contributed by atoms with Crippen LogP contribution in [0.5, 0.6) is 0 Å². The number of carbonyl (C=O) groups is 2. The van der Waals surface area contributed by atoms with Crippen molar-refractivity contribution < 1.29 is 9.59 Å². The van der Waals surface area contributed by atoms with Gasteiger partial charge in [-0.2, -0.15) is 0 Å². The van der Waals surface area contributed by atoms with Crippen LogP contribution in [0.3, 0.4) is 0 Å². The van der Waals surface area contributed by atoms with Crippen LogP contribution in [0.25, 0.3) is 0 Å². The molecule has 21 heavy (non-hydrogen) atoms. The number of likely N-dealkylation sites (tertiary alicyclic amines) is 1. The lowest BCUT2D eigenvalue weighted by Crippen LogP contribution is -2.37. The molecule has 7 heteroatoms. The van der Waals surface area contributed by atoms with E-state index < -0.39 is 0 Å². The molecular formula is C14H19ClN4O2. The molecule has 1 fully saturated rings. The number of nitrogens with zero attached hydrogens (tertiary/aromatic N) is 1. The predicted molar refractivity (Wildman–Crippen MR) is 83.2 cm³/mol. The van der Waals surface area contributed by atoms with Crippen LogP contribution in [0, 0.1) is 0 Å². The molecule has 0 bridgehead atoms. The van der Waals surface area contributed by atoms with Gasteiger partial charge in [0, 0.05) is 31.1 Å². The Bertz CT molecular complexity index is 550. The van der Waals surface area contributed by atoms with Gasteiger partial charge in [-0.1, -0.05) is 11.6 Å². The Morgan fingerprint density at radius 1 is 1.48 bits per heavy atom. The summed E-state index contributed by atoms with van der Waals surface area (Å²) >= 11 is 5.81. The summed E-state index contributed by atoms with van der Waals surface area (Å²) < 4.78 is 0. The quantitative estimate of drug-likeness (QED) is 0.726. The van der Waals surface area contributed by atoms with E-state index in [-0.39, 0.29) is 24.4 Å². The number of amides is 2. The molecule has 1 unspecified atom stereocenters. The van der Waals surface area contributed by atoms with Gasteiger partial charge < -0.3 is 16.4 Å². The summed E-state index contributed by atoms with van der Waals surface area (Å²) in [6.07, 6.45) is 0.857. The van der Waals surface area contributed by atoms with E-state index in [1.807, 2.05) is 4.90 Å². The molecule has 1 aromatic rings. The van der Waals surface area contributed by atoms with Crippen LogP contribution in [0.4, 0.5) is 11.4 Å². The van der Waals surface area contributed by atoms with E-state index >= 15 is 0 Å². The highest BCUT2D eigenvalue weighted by atomic mass is 35.5. The van der Waals surface area contributed by atoms with E-state index in [1.165, 1.54) is 6.92 Å². The number of rotatable bonds is 4. The summed E-state index contributed by atoms with van der Waals surface area (Å²) in [5, 5.41) is 6.16. The molecule has 114 valence electrons. The Morgan fingerprint density at radius 3 is 2.90 bits per heavy atom. The lowest BCUT2D eigenvalue weighted by atomic mass is 10.2. The third-order valence-electron chi connectivity index (χ3n) is 3.33. The fraction of sp³-hybridized carbons (Fsp3) is 0.429. The number of hydrogen-bond acceptors (Lipinski definition) is 4. The van der Waals surface area contributed by atoms with Gasteiger partial charge in [-0.05, 0) is 24.6 Å². The Morgan fingerprint density at radius 2 is 2.24 bits per heavy atom. The number of hydrogen-bond donors (Lipinski definition) is 3. The Balaban J connectivity index is 1.84. The maximum absolute atomic E-state index is 12.0. The van der Waals surface area contributed by atoms with Gasteiger partial charge in [-0.15, -0.1) is 0 Å². The van der Waals surface area contributed by atoms with E-state index in [4.69, 9.17) is 17.3 Å². The molecule has 1 heterocycles. The third-order valence-corrected chi connectivity index (χ3v) is 3.57. The monoisotopic (exact) mass is 310 g/mol. The molecular weight excluding hydrogens is 292 g/mol. The van der Waals surface area contributed by atoms with Gasteiger partial charge in [-0.25, -0.2) is 0 Å². The normalized spacial score (nSPS) is 18.5. The Kier molecular flexibility index (Phi) is 5.03. The molecule has 1 aliphatic rings. The van der Waals surface area contributed by atoms with Crippen LogP contribution in [-0.4, -0.2) is 42.4 Å². The average Bonchev–Trinajstić information content (AvgIpc) is 2.79. The van der Waals surface area contributed by atoms with E-state index in [0.29, 0.717) is 22.9 Å². The minimum Gasteiger partial charge on any atom is -0.397 e. The molecule has 0 saturated carbocycles. The number of benzene rings is 1. The lowest BCUT2D eigenvalue weighted by Gasteiger charge is -2.16. The number of nitrogen functional groups attached to an aromatic ring is 1. The molecule has 1 aliphatic heterocycles. The van der Waals surface area contributed by atoms with Crippen molar-refractivity contribution in [3.05, 3.63) is 23.2 Å². The van der Waals surface area contributed by atoms with Gasteiger partial charge in [0.2, 0.25) is 11.8 Å². The molecule has 4 N–H and O–H groups in total. The first kappa shape index (κ1) is 15.6. The van der Waals surface area contributed by atoms with Crippen LogP contribution in [0.15, 0.2) is 18.2 Å². The van der Waals surface area contributed by atoms with Gasteiger partial charge in [0.15, 0.2) is 0 Å². The van der Waals surface area contributed by atoms with Crippen LogP contribution in [0.1, 0.15) is 13.3 Å². The van der Waals surface area contributed by atoms with Gasteiger partial charge in [0.1, 0.15) is 0 Å². The predicted octanol–water partition coefficient (Wildman–Crippen LogP) is 1.07. The van der Waals surface area contributed by atoms with Crippen molar-refractivity contribution >= 4 is 34.8 Å². The zero-order valence-electron chi connectivity index (χ0n) is 11.9. The van der Waals surface area contributed by atoms with Crippen LogP contribution in [0.2, 0.25) is 5.02 Å². The van der Waals surface area contributed by atoms with Crippen LogP contribution >= 0.6 is 11.6 Å². The van der Waals surface area contributed by atoms with Crippen molar-refractivity contribution in [2.45, 2.75) is 19.4 Å². The van der Waals surface area contributed by atoms with Crippen molar-refractivity contribution in [2.24, 2.45) is 0 Å². The number of halogens is 1. The zero-order valence-corrected chi connectivity index (χ0v) is 12.6. The average molecular weight is 311 g/mol. The smallest absolute Gasteiger partial charge is 0.238 e. The van der Waals surface area contributed by atoms with Crippen molar-refractivity contribution in [1.29, 1.82) is 0 Å². The van der Waals surface area contributed by atoms with Gasteiger partial charge >= 0.3 is 0 Å². The van der Waals surface area contributed by atoms with E-state index in [1.54, 1.807) is 18.2 Å². The van der Waals surface area contributed by atoms with E-state index in [9.17, 15) is 9.59 Å². The minimum absolute atomic E-state index is 0.0414. The largest absolute Gasteiger partial charge is 0.397 e. The molecule has 1 aromatic carbocycles. The summed E-state index contributed by atoms with van der Waals surface area (Å²) in [6, 6.07) is 5.08. The van der Waals surface area contributed by atoms with Gasteiger partial charge in [-0.3, -0.25) is 14.5 Å². The molecule has 0 radical (unpaired) electrons. The maximum atomic E-state index is 12.0. The number of nitrogens with one attached hydrogen (secondary N) is 2. The second-order valence-corrected chi connectivity index (χ2v) is 5.64. The van der Waals surface area contributed by atoms with Crippen LogP contribution < -0.4 is 16.4 Å². The molecule has 1 atom stereocenters. The first-order valence-corrected chi connectivity index (χ1v) is 7.16. The van der Waals surface area contributed by atoms with Crippen molar-refractivity contribution in [1.82, 2.24) is 10.2 Å². The standard InChI is InChI=1S/C14H19ClN4O2/c1-9(20)17-11-4-5-19(7-11)8-14(21)18-13-3-2-10(15)6-12(13)16/h2-3,6,11H,4-5,7-8,16H2,1H3,(H,17,20)(H,18,21). The third kappa shape index (κ3) is 4.61. The fourth-order valence-corrected chi connectivity index (χ4v) is 2.60. The van der Waals surface area contributed by atoms with Gasteiger partial charge in [0.25, 0.3) is 0 Å². The molecule has 6 nitrogen and oxygen atoms in total. The fourth-order valence-electron chi connectivity index (χ4n) is 2.42. The number of anilines is 2.